The molecule has 2 aromatic rings. The number of fused-ring (bicyclic) bond motifs is 1. The first-order valence-electron chi connectivity index (χ1n) is 5.46. The van der Waals surface area contributed by atoms with Crippen LogP contribution in [0, 0.1) is 0 Å². The van der Waals surface area contributed by atoms with Crippen LogP contribution in [0.1, 0.15) is 17.0 Å². The third kappa shape index (κ3) is 2.45. The Bertz CT molecular complexity index is 596. The van der Waals surface area contributed by atoms with Crippen molar-refractivity contribution in [3.05, 3.63) is 42.7 Å². The highest BCUT2D eigenvalue weighted by Crippen LogP contribution is 2.22. The van der Waals surface area contributed by atoms with E-state index in [1.54, 1.807) is 24.3 Å². The summed E-state index contributed by atoms with van der Waals surface area (Å²) in [6, 6.07) is 7.13. The number of aromatic carboxylic acids is 1. The van der Waals surface area contributed by atoms with E-state index >= 15 is 0 Å². The number of aromatic nitrogens is 2. The van der Waals surface area contributed by atoms with Crippen molar-refractivity contribution in [1.29, 1.82) is 0 Å². The van der Waals surface area contributed by atoms with Gasteiger partial charge in [0.25, 0.3) is 0 Å². The molecule has 0 spiro atoms. The zero-order chi connectivity index (χ0) is 13.0. The molecular weight excluding hydrogens is 232 g/mol. The summed E-state index contributed by atoms with van der Waals surface area (Å²) < 4.78 is 5.46. The predicted molar refractivity (Wildman–Crippen MR) is 66.8 cm³/mol. The summed E-state index contributed by atoms with van der Waals surface area (Å²) in [6.45, 7) is 4.00. The molecule has 0 saturated heterocycles. The number of para-hydroxylation sites is 1. The predicted octanol–water partition coefficient (Wildman–Crippen LogP) is 2.28. The van der Waals surface area contributed by atoms with E-state index < -0.39 is 5.97 Å². The molecule has 1 aromatic carbocycles. The normalized spacial score (nSPS) is 10.2. The number of ether oxygens (including phenoxy) is 1. The van der Waals surface area contributed by atoms with Crippen LogP contribution in [0.5, 0.6) is 5.88 Å². The summed E-state index contributed by atoms with van der Waals surface area (Å²) in [5.74, 6) is -1.14. The zero-order valence-corrected chi connectivity index (χ0v) is 9.67. The maximum atomic E-state index is 10.9. The van der Waals surface area contributed by atoms with Crippen LogP contribution in [0.4, 0.5) is 0 Å². The minimum Gasteiger partial charge on any atom is -0.477 e. The largest absolute Gasteiger partial charge is 0.477 e. The summed E-state index contributed by atoms with van der Waals surface area (Å²) in [7, 11) is 0. The van der Waals surface area contributed by atoms with E-state index in [2.05, 4.69) is 16.5 Å². The van der Waals surface area contributed by atoms with Crippen LogP contribution in [-0.2, 0) is 0 Å². The Morgan fingerprint density at radius 2 is 2.17 bits per heavy atom. The molecule has 5 nitrogen and oxygen atoms in total. The van der Waals surface area contributed by atoms with Crippen LogP contribution in [0.15, 0.2) is 36.9 Å². The van der Waals surface area contributed by atoms with Gasteiger partial charge in [0.15, 0.2) is 0 Å². The van der Waals surface area contributed by atoms with Gasteiger partial charge in [0.1, 0.15) is 0 Å². The van der Waals surface area contributed by atoms with Crippen molar-refractivity contribution in [2.24, 2.45) is 0 Å². The quantitative estimate of drug-likeness (QED) is 0.645. The average Bonchev–Trinajstić information content (AvgIpc) is 2.38. The fourth-order valence-corrected chi connectivity index (χ4v) is 1.49. The highest BCUT2D eigenvalue weighted by Gasteiger charge is 2.13. The van der Waals surface area contributed by atoms with Gasteiger partial charge in [0.2, 0.25) is 11.7 Å². The topological polar surface area (TPSA) is 72.3 Å². The van der Waals surface area contributed by atoms with Crippen molar-refractivity contribution in [2.45, 2.75) is 6.42 Å². The third-order valence-corrected chi connectivity index (χ3v) is 2.32. The first kappa shape index (κ1) is 12.0. The molecule has 0 aliphatic rings. The highest BCUT2D eigenvalue weighted by molar-refractivity contribution is 5.89. The molecule has 5 heteroatoms. The Labute approximate surface area is 104 Å². The van der Waals surface area contributed by atoms with Gasteiger partial charge in [-0.05, 0) is 18.6 Å². The fourth-order valence-electron chi connectivity index (χ4n) is 1.49. The van der Waals surface area contributed by atoms with Crippen LogP contribution < -0.4 is 4.74 Å². The average molecular weight is 244 g/mol. The number of carboxylic acids is 1. The maximum absolute atomic E-state index is 10.9. The molecule has 1 N–H and O–H groups in total. The standard InChI is InChI=1S/C13H12N2O3/c1-2-3-8-18-12-9-6-4-5-7-10(9)14-11(15-12)13(16)17/h2,4-7H,1,3,8H2,(H,16,17). The van der Waals surface area contributed by atoms with Crippen LogP contribution in [-0.4, -0.2) is 27.7 Å². The summed E-state index contributed by atoms with van der Waals surface area (Å²) in [5.41, 5.74) is 0.554. The van der Waals surface area contributed by atoms with Crippen molar-refractivity contribution < 1.29 is 14.6 Å². The second-order valence-electron chi connectivity index (χ2n) is 3.60. The number of carbonyl (C=O) groups is 1. The summed E-state index contributed by atoms with van der Waals surface area (Å²) in [5, 5.41) is 9.64. The van der Waals surface area contributed by atoms with Gasteiger partial charge in [0.05, 0.1) is 17.5 Å². The Morgan fingerprint density at radius 1 is 1.39 bits per heavy atom. The Morgan fingerprint density at radius 3 is 2.89 bits per heavy atom. The number of hydrogen-bond acceptors (Lipinski definition) is 4. The molecule has 0 unspecified atom stereocenters. The molecular formula is C13H12N2O3. The molecule has 0 fully saturated rings. The number of nitrogens with zero attached hydrogens (tertiary/aromatic N) is 2. The number of hydrogen-bond donors (Lipinski definition) is 1. The lowest BCUT2D eigenvalue weighted by Gasteiger charge is -2.07. The molecule has 2 rings (SSSR count). The van der Waals surface area contributed by atoms with Crippen molar-refractivity contribution in [2.75, 3.05) is 6.61 Å². The summed E-state index contributed by atoms with van der Waals surface area (Å²) >= 11 is 0. The van der Waals surface area contributed by atoms with Crippen LogP contribution >= 0.6 is 0 Å². The van der Waals surface area contributed by atoms with Crippen molar-refractivity contribution in [3.63, 3.8) is 0 Å². The molecule has 18 heavy (non-hydrogen) atoms. The molecule has 0 aliphatic heterocycles. The zero-order valence-electron chi connectivity index (χ0n) is 9.67. The first-order valence-corrected chi connectivity index (χ1v) is 5.46. The van der Waals surface area contributed by atoms with Gasteiger partial charge < -0.3 is 9.84 Å². The molecule has 0 atom stereocenters. The van der Waals surface area contributed by atoms with Gasteiger partial charge in [-0.2, -0.15) is 4.98 Å². The van der Waals surface area contributed by atoms with Crippen LogP contribution in [0.2, 0.25) is 0 Å². The lowest BCUT2D eigenvalue weighted by atomic mass is 10.2. The number of benzene rings is 1. The molecule has 0 radical (unpaired) electrons. The second-order valence-corrected chi connectivity index (χ2v) is 3.60. The third-order valence-electron chi connectivity index (χ3n) is 2.32. The molecule has 0 saturated carbocycles. The minimum atomic E-state index is -1.17. The smallest absolute Gasteiger partial charge is 0.374 e. The molecule has 0 bridgehead atoms. The van der Waals surface area contributed by atoms with Gasteiger partial charge in [0, 0.05) is 0 Å². The van der Waals surface area contributed by atoms with Crippen LogP contribution in [0.25, 0.3) is 10.9 Å². The monoisotopic (exact) mass is 244 g/mol. The molecule has 1 aromatic heterocycles. The van der Waals surface area contributed by atoms with E-state index in [-0.39, 0.29) is 5.82 Å². The number of carboxylic acid groups (broad SMARTS) is 1. The van der Waals surface area contributed by atoms with E-state index in [0.717, 1.165) is 0 Å². The molecule has 1 heterocycles. The van der Waals surface area contributed by atoms with Crippen molar-refractivity contribution >= 4 is 16.9 Å². The molecule has 0 aliphatic carbocycles. The lowest BCUT2D eigenvalue weighted by molar-refractivity contribution is 0.0682. The van der Waals surface area contributed by atoms with Gasteiger partial charge in [-0.1, -0.05) is 18.2 Å². The lowest BCUT2D eigenvalue weighted by Crippen LogP contribution is -2.07. The van der Waals surface area contributed by atoms with Gasteiger partial charge in [-0.25, -0.2) is 9.78 Å². The molecule has 92 valence electrons. The molecule has 0 amide bonds. The van der Waals surface area contributed by atoms with Gasteiger partial charge in [-0.15, -0.1) is 6.58 Å². The van der Waals surface area contributed by atoms with E-state index in [0.29, 0.717) is 29.8 Å². The van der Waals surface area contributed by atoms with E-state index in [1.165, 1.54) is 0 Å². The Kier molecular flexibility index (Phi) is 3.52. The minimum absolute atomic E-state index is 0.262. The van der Waals surface area contributed by atoms with Gasteiger partial charge >= 0.3 is 5.97 Å². The fraction of sp³-hybridized carbons (Fsp3) is 0.154. The maximum Gasteiger partial charge on any atom is 0.374 e. The summed E-state index contributed by atoms with van der Waals surface area (Å²) in [4.78, 5) is 18.8. The van der Waals surface area contributed by atoms with E-state index in [4.69, 9.17) is 9.84 Å². The van der Waals surface area contributed by atoms with Crippen molar-refractivity contribution in [3.8, 4) is 5.88 Å². The number of rotatable bonds is 5. The van der Waals surface area contributed by atoms with E-state index in [1.807, 2.05) is 6.07 Å². The first-order chi connectivity index (χ1) is 8.72. The van der Waals surface area contributed by atoms with Crippen LogP contribution in [0.3, 0.4) is 0 Å². The Hall–Kier alpha value is -2.43. The van der Waals surface area contributed by atoms with E-state index in [9.17, 15) is 4.79 Å². The Balaban J connectivity index is 2.46. The SMILES string of the molecule is C=CCCOc1nc(C(=O)O)nc2ccccc12. The second kappa shape index (κ2) is 5.27. The summed E-state index contributed by atoms with van der Waals surface area (Å²) in [6.07, 6.45) is 2.39. The van der Waals surface area contributed by atoms with Crippen molar-refractivity contribution in [1.82, 2.24) is 9.97 Å². The highest BCUT2D eigenvalue weighted by atomic mass is 16.5. The van der Waals surface area contributed by atoms with Gasteiger partial charge in [-0.3, -0.25) is 0 Å².